The van der Waals surface area contributed by atoms with E-state index >= 15 is 0 Å². The minimum atomic E-state index is -4.67. The van der Waals surface area contributed by atoms with Crippen molar-refractivity contribution in [1.82, 2.24) is 0 Å². The summed E-state index contributed by atoms with van der Waals surface area (Å²) in [7, 11) is -4.67. The molecule has 10 heavy (non-hydrogen) atoms. The molecule has 0 aromatic carbocycles. The molecule has 0 aromatic heterocycles. The summed E-state index contributed by atoms with van der Waals surface area (Å²) >= 11 is 0. The average Bonchev–Trinajstić information content (AvgIpc) is 1.27. The summed E-state index contributed by atoms with van der Waals surface area (Å²) in [6.45, 7) is 0. The first-order valence-corrected chi connectivity index (χ1v) is 2.50. The Morgan fingerprint density at radius 1 is 1.10 bits per heavy atom. The van der Waals surface area contributed by atoms with Crippen LogP contribution in [0, 0.1) is 0 Å². The van der Waals surface area contributed by atoms with Gasteiger partial charge in [0.15, 0.2) is 0 Å². The molecule has 0 aliphatic heterocycles. The first-order chi connectivity index (χ1) is 3.41. The Balaban J connectivity index is -0.0000000326. The molecule has 0 saturated heterocycles. The van der Waals surface area contributed by atoms with Crippen LogP contribution < -0.4 is 29.6 Å². The van der Waals surface area contributed by atoms with Crippen molar-refractivity contribution < 1.29 is 62.1 Å². The van der Waals surface area contributed by atoms with Gasteiger partial charge in [-0.3, -0.25) is 9.11 Å². The maximum absolute atomic E-state index is 8.74. The third-order valence-corrected chi connectivity index (χ3v) is 0. The zero-order chi connectivity index (χ0) is 7.21. The molecule has 0 aliphatic rings. The van der Waals surface area contributed by atoms with E-state index in [0.717, 1.165) is 0 Å². The van der Waals surface area contributed by atoms with E-state index in [0.29, 0.717) is 0 Å². The summed E-state index contributed by atoms with van der Waals surface area (Å²) in [4.78, 5) is 16.2. The minimum Gasteiger partial charge on any atom is -0.870 e. The molecule has 0 bridgehead atoms. The molecular weight excluding hydrogens is 179 g/mol. The van der Waals surface area contributed by atoms with Crippen LogP contribution in [0.2, 0.25) is 0 Å². The topological polar surface area (TPSA) is 139 Å². The third-order valence-electron chi connectivity index (χ3n) is 0. The Kier molecular flexibility index (Phi) is 26.8. The summed E-state index contributed by atoms with van der Waals surface area (Å²) in [6, 6.07) is 0. The maximum atomic E-state index is 8.74. The van der Waals surface area contributed by atoms with Crippen molar-refractivity contribution in [3.63, 3.8) is 0 Å². The van der Waals surface area contributed by atoms with Gasteiger partial charge >= 0.3 is 46.1 Å². The Bertz CT molecular complexity index is 154. The molecule has 0 aliphatic carbocycles. The Morgan fingerprint density at radius 2 is 1.10 bits per heavy atom. The van der Waals surface area contributed by atoms with E-state index in [4.69, 9.17) is 27.1 Å². The van der Waals surface area contributed by atoms with E-state index < -0.39 is 10.4 Å². The Morgan fingerprint density at radius 3 is 1.10 bits per heavy atom. The Hall–Kier alpha value is 0.210. The van der Waals surface area contributed by atoms with Gasteiger partial charge in [-0.25, -0.2) is 0 Å². The van der Waals surface area contributed by atoms with Crippen LogP contribution in [0.4, 0.5) is 0 Å². The van der Waals surface area contributed by atoms with Crippen molar-refractivity contribution in [2.75, 3.05) is 0 Å². The second-order valence-corrected chi connectivity index (χ2v) is 1.43. The van der Waals surface area contributed by atoms with Crippen LogP contribution in [-0.4, -0.2) is 29.2 Å². The summed E-state index contributed by atoms with van der Waals surface area (Å²) in [5.41, 5.74) is 0. The van der Waals surface area contributed by atoms with Crippen LogP contribution >= 0.6 is 0 Å². The molecule has 0 amide bonds. The average molecular weight is 182 g/mol. The van der Waals surface area contributed by atoms with Crippen LogP contribution in [0.3, 0.4) is 0 Å². The SMILES string of the molecule is O=C=O.O=S(=O)(O)O.[Na+].[OH-]. The summed E-state index contributed by atoms with van der Waals surface area (Å²) in [5.74, 6) is 0. The van der Waals surface area contributed by atoms with Crippen LogP contribution in [0.1, 0.15) is 0 Å². The number of rotatable bonds is 0. The fourth-order valence-electron chi connectivity index (χ4n) is 0. The van der Waals surface area contributed by atoms with Gasteiger partial charge in [0.25, 0.3) is 0 Å². The van der Waals surface area contributed by atoms with Crippen molar-refractivity contribution in [3.05, 3.63) is 0 Å². The van der Waals surface area contributed by atoms with Crippen LogP contribution in [0.5, 0.6) is 0 Å². The van der Waals surface area contributed by atoms with Gasteiger partial charge in [0.2, 0.25) is 0 Å². The van der Waals surface area contributed by atoms with Gasteiger partial charge in [-0.2, -0.15) is 18.0 Å². The molecule has 3 N–H and O–H groups in total. The molecule has 0 atom stereocenters. The van der Waals surface area contributed by atoms with Crippen LogP contribution in [0.25, 0.3) is 0 Å². The molecule has 0 unspecified atom stereocenters. The fraction of sp³-hybridized carbons (Fsp3) is 0. The molecule has 0 aromatic rings. The molecule has 0 saturated carbocycles. The number of hydrogen-bond acceptors (Lipinski definition) is 5. The van der Waals surface area contributed by atoms with Gasteiger partial charge < -0.3 is 5.48 Å². The molecule has 0 fully saturated rings. The standard InChI is InChI=1S/CO2.Na.H2O4S.H2O/c2-1-3;;1-5(2,3)4;/h;;(H2,1,2,3,4);1H2/q;+1;;/p-1. The van der Waals surface area contributed by atoms with Gasteiger partial charge in [0, 0.05) is 0 Å². The molecule has 7 nitrogen and oxygen atoms in total. The van der Waals surface area contributed by atoms with E-state index in [-0.39, 0.29) is 41.2 Å². The first kappa shape index (κ1) is 22.5. The summed E-state index contributed by atoms with van der Waals surface area (Å²) < 4.78 is 31.6. The Labute approximate surface area is 78.6 Å². The third kappa shape index (κ3) is 9680. The first-order valence-electron chi connectivity index (χ1n) is 1.11. The zero-order valence-corrected chi connectivity index (χ0v) is 7.70. The molecule has 0 rings (SSSR count). The predicted octanol–water partition coefficient (Wildman–Crippen LogP) is -4.41. The van der Waals surface area contributed by atoms with Gasteiger partial charge in [0.1, 0.15) is 0 Å². The minimum absolute atomic E-state index is 0. The van der Waals surface area contributed by atoms with E-state index in [1.54, 1.807) is 0 Å². The normalized spacial score (nSPS) is 6.60. The fourth-order valence-corrected chi connectivity index (χ4v) is 0. The molecular formula is CH3NaO7S. The van der Waals surface area contributed by atoms with Crippen molar-refractivity contribution in [3.8, 4) is 0 Å². The monoisotopic (exact) mass is 182 g/mol. The molecule has 56 valence electrons. The van der Waals surface area contributed by atoms with E-state index in [9.17, 15) is 0 Å². The second kappa shape index (κ2) is 11.9. The van der Waals surface area contributed by atoms with Gasteiger partial charge in [0.05, 0.1) is 0 Å². The van der Waals surface area contributed by atoms with E-state index in [1.165, 1.54) is 0 Å². The summed E-state index contributed by atoms with van der Waals surface area (Å²) in [5, 5.41) is 0. The number of carbonyl (C=O) groups excluding carboxylic acids is 2. The van der Waals surface area contributed by atoms with Crippen molar-refractivity contribution in [2.45, 2.75) is 0 Å². The van der Waals surface area contributed by atoms with Gasteiger partial charge in [-0.1, -0.05) is 0 Å². The zero-order valence-electron chi connectivity index (χ0n) is 4.88. The largest absolute Gasteiger partial charge is 1.00 e. The quantitative estimate of drug-likeness (QED) is 0.284. The number of hydrogen-bond donors (Lipinski definition) is 2. The van der Waals surface area contributed by atoms with Gasteiger partial charge in [-0.05, 0) is 0 Å². The van der Waals surface area contributed by atoms with Crippen LogP contribution in [0.15, 0.2) is 0 Å². The smallest absolute Gasteiger partial charge is 0.870 e. The molecule has 0 heterocycles. The predicted molar refractivity (Wildman–Crippen MR) is 21.1 cm³/mol. The molecule has 9 heteroatoms. The molecule has 0 radical (unpaired) electrons. The van der Waals surface area contributed by atoms with Gasteiger partial charge in [-0.15, -0.1) is 0 Å². The van der Waals surface area contributed by atoms with E-state index in [1.807, 2.05) is 0 Å². The second-order valence-electron chi connectivity index (χ2n) is 0.531. The van der Waals surface area contributed by atoms with Crippen molar-refractivity contribution >= 4 is 16.6 Å². The van der Waals surface area contributed by atoms with E-state index in [2.05, 4.69) is 0 Å². The van der Waals surface area contributed by atoms with Crippen molar-refractivity contribution in [2.24, 2.45) is 0 Å². The maximum Gasteiger partial charge on any atom is 1.00 e. The summed E-state index contributed by atoms with van der Waals surface area (Å²) in [6.07, 6.45) is 0.250. The van der Waals surface area contributed by atoms with Crippen LogP contribution in [-0.2, 0) is 20.0 Å². The van der Waals surface area contributed by atoms with Crippen molar-refractivity contribution in [1.29, 1.82) is 0 Å². The molecule has 0 spiro atoms.